The van der Waals surface area contributed by atoms with Crippen LogP contribution in [0.1, 0.15) is 18.1 Å². The number of carbonyl (C=O) groups is 1. The summed E-state index contributed by atoms with van der Waals surface area (Å²) in [6, 6.07) is 15.5. The van der Waals surface area contributed by atoms with Crippen LogP contribution in [0.3, 0.4) is 0 Å². The van der Waals surface area contributed by atoms with Gasteiger partial charge in [0.25, 0.3) is 5.91 Å². The first-order chi connectivity index (χ1) is 11.6. The number of ether oxygens (including phenoxy) is 1. The number of carbonyl (C=O) groups excluding carboxylic acids is 1. The van der Waals surface area contributed by atoms with E-state index < -0.39 is 0 Å². The number of aliphatic imine (C=N–C) groups is 1. The Labute approximate surface area is 145 Å². The first-order valence-electron chi connectivity index (χ1n) is 7.73. The summed E-state index contributed by atoms with van der Waals surface area (Å²) < 4.78 is 5.42. The van der Waals surface area contributed by atoms with Crippen molar-refractivity contribution in [1.82, 2.24) is 5.32 Å². The Morgan fingerprint density at radius 2 is 1.83 bits per heavy atom. The molecule has 24 heavy (non-hydrogen) atoms. The zero-order valence-electron chi connectivity index (χ0n) is 13.6. The zero-order chi connectivity index (χ0) is 16.9. The standard InChI is InChI=1S/C19H18N2O2S/c1-3-23-16-10-6-14(7-11-16)12-17-18(22)21-19(24-17)20-15-8-4-13(2)5-9-15/h4-12H,3H2,1-2H3,(H,20,21,22). The summed E-state index contributed by atoms with van der Waals surface area (Å²) in [5, 5.41) is 3.40. The Morgan fingerprint density at radius 1 is 1.12 bits per heavy atom. The monoisotopic (exact) mass is 338 g/mol. The van der Waals surface area contributed by atoms with E-state index in [1.807, 2.05) is 68.5 Å². The lowest BCUT2D eigenvalue weighted by Crippen LogP contribution is -2.19. The Hall–Kier alpha value is -2.53. The van der Waals surface area contributed by atoms with Crippen molar-refractivity contribution in [2.24, 2.45) is 4.99 Å². The minimum Gasteiger partial charge on any atom is -0.494 e. The number of amides is 1. The average molecular weight is 338 g/mol. The highest BCUT2D eigenvalue weighted by molar-refractivity contribution is 8.18. The first-order valence-corrected chi connectivity index (χ1v) is 8.55. The molecule has 2 aromatic carbocycles. The molecule has 0 atom stereocenters. The SMILES string of the molecule is CCOc1ccc(C=C2SC(=Nc3ccc(C)cc3)NC2=O)cc1. The number of hydrogen-bond acceptors (Lipinski definition) is 4. The van der Waals surface area contributed by atoms with Crippen LogP contribution >= 0.6 is 11.8 Å². The fourth-order valence-corrected chi connectivity index (χ4v) is 3.04. The second-order valence-electron chi connectivity index (χ2n) is 5.32. The third-order valence-electron chi connectivity index (χ3n) is 3.40. The average Bonchev–Trinajstić information content (AvgIpc) is 2.91. The Bertz CT molecular complexity index is 793. The minimum absolute atomic E-state index is 0.125. The van der Waals surface area contributed by atoms with Crippen molar-refractivity contribution in [2.45, 2.75) is 13.8 Å². The molecule has 1 fully saturated rings. The molecule has 4 nitrogen and oxygen atoms in total. The second kappa shape index (κ2) is 7.36. The molecule has 1 amide bonds. The highest BCUT2D eigenvalue weighted by Crippen LogP contribution is 2.28. The first kappa shape index (κ1) is 16.3. The number of rotatable bonds is 4. The summed E-state index contributed by atoms with van der Waals surface area (Å²) in [6.45, 7) is 4.61. The fraction of sp³-hybridized carbons (Fsp3) is 0.158. The number of nitrogens with zero attached hydrogens (tertiary/aromatic N) is 1. The zero-order valence-corrected chi connectivity index (χ0v) is 14.4. The third-order valence-corrected chi connectivity index (χ3v) is 4.31. The highest BCUT2D eigenvalue weighted by atomic mass is 32.2. The van der Waals surface area contributed by atoms with E-state index in [2.05, 4.69) is 10.3 Å². The Balaban J connectivity index is 1.75. The molecule has 1 saturated heterocycles. The van der Waals surface area contributed by atoms with Crippen LogP contribution < -0.4 is 10.1 Å². The fourth-order valence-electron chi connectivity index (χ4n) is 2.20. The van der Waals surface area contributed by atoms with E-state index in [0.717, 1.165) is 17.0 Å². The molecule has 2 aromatic rings. The van der Waals surface area contributed by atoms with E-state index in [9.17, 15) is 4.79 Å². The van der Waals surface area contributed by atoms with Crippen LogP contribution in [0.5, 0.6) is 5.75 Å². The Morgan fingerprint density at radius 3 is 2.50 bits per heavy atom. The second-order valence-corrected chi connectivity index (χ2v) is 6.35. The summed E-state index contributed by atoms with van der Waals surface area (Å²) in [4.78, 5) is 17.2. The van der Waals surface area contributed by atoms with Crippen molar-refractivity contribution in [2.75, 3.05) is 6.61 Å². The van der Waals surface area contributed by atoms with Gasteiger partial charge in [0.1, 0.15) is 5.75 Å². The summed E-state index contributed by atoms with van der Waals surface area (Å²) in [5.41, 5.74) is 2.96. The minimum atomic E-state index is -0.125. The van der Waals surface area contributed by atoms with Gasteiger partial charge in [0, 0.05) is 0 Å². The molecule has 0 bridgehead atoms. The molecule has 1 aliphatic heterocycles. The van der Waals surface area contributed by atoms with Crippen LogP contribution in [0.15, 0.2) is 58.4 Å². The predicted octanol–water partition coefficient (Wildman–Crippen LogP) is 4.29. The van der Waals surface area contributed by atoms with Gasteiger partial charge in [-0.2, -0.15) is 0 Å². The molecule has 0 unspecified atom stereocenters. The van der Waals surface area contributed by atoms with Gasteiger partial charge in [-0.05, 0) is 61.5 Å². The van der Waals surface area contributed by atoms with Gasteiger partial charge in [0.05, 0.1) is 17.2 Å². The van der Waals surface area contributed by atoms with E-state index in [-0.39, 0.29) is 5.91 Å². The van der Waals surface area contributed by atoms with Crippen LogP contribution in [0.2, 0.25) is 0 Å². The topological polar surface area (TPSA) is 50.7 Å². The van der Waals surface area contributed by atoms with Crippen LogP contribution in [0.25, 0.3) is 6.08 Å². The molecule has 0 aromatic heterocycles. The van der Waals surface area contributed by atoms with Gasteiger partial charge >= 0.3 is 0 Å². The molecule has 0 saturated carbocycles. The summed E-state index contributed by atoms with van der Waals surface area (Å²) in [5.74, 6) is 0.699. The molecule has 3 rings (SSSR count). The maximum absolute atomic E-state index is 12.1. The van der Waals surface area contributed by atoms with E-state index in [0.29, 0.717) is 16.7 Å². The van der Waals surface area contributed by atoms with Crippen molar-refractivity contribution < 1.29 is 9.53 Å². The summed E-state index contributed by atoms with van der Waals surface area (Å²) >= 11 is 1.35. The lowest BCUT2D eigenvalue weighted by molar-refractivity contribution is -0.115. The lowest BCUT2D eigenvalue weighted by atomic mass is 10.2. The van der Waals surface area contributed by atoms with Crippen molar-refractivity contribution >= 4 is 34.6 Å². The van der Waals surface area contributed by atoms with E-state index in [4.69, 9.17) is 4.74 Å². The third kappa shape index (κ3) is 4.06. The van der Waals surface area contributed by atoms with E-state index in [1.54, 1.807) is 0 Å². The summed E-state index contributed by atoms with van der Waals surface area (Å²) in [6.07, 6.45) is 1.85. The molecular formula is C19H18N2O2S. The van der Waals surface area contributed by atoms with Crippen LogP contribution in [0.4, 0.5) is 5.69 Å². The highest BCUT2D eigenvalue weighted by Gasteiger charge is 2.23. The van der Waals surface area contributed by atoms with Crippen molar-refractivity contribution in [3.05, 3.63) is 64.6 Å². The molecule has 0 aliphatic carbocycles. The number of aryl methyl sites for hydroxylation is 1. The number of hydrogen-bond donors (Lipinski definition) is 1. The molecule has 1 aliphatic rings. The predicted molar refractivity (Wildman–Crippen MR) is 99.6 cm³/mol. The van der Waals surface area contributed by atoms with Crippen molar-refractivity contribution in [3.63, 3.8) is 0 Å². The van der Waals surface area contributed by atoms with Crippen molar-refractivity contribution in [3.8, 4) is 5.75 Å². The molecule has 1 heterocycles. The van der Waals surface area contributed by atoms with Gasteiger partial charge in [-0.1, -0.05) is 29.8 Å². The van der Waals surface area contributed by atoms with E-state index in [1.165, 1.54) is 17.3 Å². The van der Waals surface area contributed by atoms with Gasteiger partial charge in [-0.25, -0.2) is 4.99 Å². The Kier molecular flexibility index (Phi) is 5.01. The lowest BCUT2D eigenvalue weighted by Gasteiger charge is -2.02. The van der Waals surface area contributed by atoms with Crippen molar-refractivity contribution in [1.29, 1.82) is 0 Å². The van der Waals surface area contributed by atoms with Crippen LogP contribution in [-0.2, 0) is 4.79 Å². The van der Waals surface area contributed by atoms with Gasteiger partial charge in [-0.15, -0.1) is 0 Å². The maximum atomic E-state index is 12.1. The largest absolute Gasteiger partial charge is 0.494 e. The molecular weight excluding hydrogens is 320 g/mol. The summed E-state index contributed by atoms with van der Waals surface area (Å²) in [7, 11) is 0. The van der Waals surface area contributed by atoms with Gasteiger partial charge in [0.2, 0.25) is 0 Å². The molecule has 1 N–H and O–H groups in total. The van der Waals surface area contributed by atoms with Gasteiger partial charge < -0.3 is 10.1 Å². The quantitative estimate of drug-likeness (QED) is 0.846. The van der Waals surface area contributed by atoms with Gasteiger partial charge in [-0.3, -0.25) is 4.79 Å². The molecule has 0 radical (unpaired) electrons. The van der Waals surface area contributed by atoms with Crippen LogP contribution in [-0.4, -0.2) is 17.7 Å². The molecule has 0 spiro atoms. The van der Waals surface area contributed by atoms with E-state index >= 15 is 0 Å². The molecule has 122 valence electrons. The number of amidine groups is 1. The smallest absolute Gasteiger partial charge is 0.264 e. The van der Waals surface area contributed by atoms with Crippen LogP contribution in [0, 0.1) is 6.92 Å². The maximum Gasteiger partial charge on any atom is 0.264 e. The number of thioether (sulfide) groups is 1. The normalized spacial score (nSPS) is 17.3. The molecule has 5 heteroatoms. The van der Waals surface area contributed by atoms with Gasteiger partial charge in [0.15, 0.2) is 5.17 Å². The number of nitrogens with one attached hydrogen (secondary N) is 1. The number of benzene rings is 2.